The topological polar surface area (TPSA) is 143 Å². The molecule has 0 aromatic carbocycles. The van der Waals surface area contributed by atoms with Gasteiger partial charge in [0.05, 0.1) is 0 Å². The number of aryl methyl sites for hydroxylation is 1. The third kappa shape index (κ3) is 4.30. The third-order valence-electron chi connectivity index (χ3n) is 5.19. The van der Waals surface area contributed by atoms with Crippen molar-refractivity contribution in [2.24, 2.45) is 0 Å². The summed E-state index contributed by atoms with van der Waals surface area (Å²) in [5, 5.41) is 11.3. The molecule has 0 saturated carbocycles. The van der Waals surface area contributed by atoms with E-state index in [1.165, 1.54) is 9.13 Å². The minimum absolute atomic E-state index is 0.0199. The molecule has 0 unspecified atom stereocenters. The number of nitrogens with one attached hydrogen (secondary N) is 3. The highest BCUT2D eigenvalue weighted by atomic mass is 16.2. The number of aromatic amines is 1. The van der Waals surface area contributed by atoms with Crippen LogP contribution in [0, 0.1) is 5.41 Å². The second-order valence-electron chi connectivity index (χ2n) is 7.56. The molecule has 3 aromatic heterocycles. The fourth-order valence-electron chi connectivity index (χ4n) is 3.39. The zero-order valence-corrected chi connectivity index (χ0v) is 18.3. The Morgan fingerprint density at radius 3 is 2.26 bits per heavy atom. The number of aromatic nitrogens is 6. The van der Waals surface area contributed by atoms with Crippen LogP contribution in [0.1, 0.15) is 59.3 Å². The minimum Gasteiger partial charge on any atom is -0.337 e. The number of nitrogens with zero attached hydrogens (tertiary/aromatic N) is 5. The molecule has 0 aliphatic rings. The van der Waals surface area contributed by atoms with E-state index >= 15 is 0 Å². The van der Waals surface area contributed by atoms with Gasteiger partial charge in [-0.3, -0.25) is 19.5 Å². The number of amides is 1. The summed E-state index contributed by atoms with van der Waals surface area (Å²) >= 11 is 0. The van der Waals surface area contributed by atoms with E-state index in [4.69, 9.17) is 5.41 Å². The molecular formula is C20H30N8O3. The van der Waals surface area contributed by atoms with Gasteiger partial charge in [-0.25, -0.2) is 24.4 Å². The molecule has 3 rings (SSSR count). The highest BCUT2D eigenvalue weighted by molar-refractivity contribution is 5.88. The van der Waals surface area contributed by atoms with E-state index in [0.29, 0.717) is 26.1 Å². The number of unbranched alkanes of at least 4 members (excludes halogenated alkanes) is 3. The average Bonchev–Trinajstić information content (AvgIpc) is 3.05. The highest BCUT2D eigenvalue weighted by Crippen LogP contribution is 2.11. The largest absolute Gasteiger partial charge is 0.339 e. The van der Waals surface area contributed by atoms with Gasteiger partial charge in [-0.05, 0) is 19.3 Å². The lowest BCUT2D eigenvalue weighted by Crippen LogP contribution is -2.46. The molecule has 1 amide bonds. The van der Waals surface area contributed by atoms with Gasteiger partial charge in [-0.2, -0.15) is 4.57 Å². The zero-order valence-electron chi connectivity index (χ0n) is 18.3. The normalized spacial score (nSPS) is 11.5. The summed E-state index contributed by atoms with van der Waals surface area (Å²) in [7, 11) is 0. The van der Waals surface area contributed by atoms with Crippen LogP contribution in [0.3, 0.4) is 0 Å². The van der Waals surface area contributed by atoms with Crippen LogP contribution in [0.15, 0.2) is 9.59 Å². The number of hydrogen-bond donors (Lipinski definition) is 3. The number of fused-ring (bicyclic) bond motifs is 2. The molecule has 0 saturated heterocycles. The van der Waals surface area contributed by atoms with Crippen LogP contribution in [0.4, 0.5) is 4.79 Å². The van der Waals surface area contributed by atoms with E-state index in [9.17, 15) is 14.4 Å². The summed E-state index contributed by atoms with van der Waals surface area (Å²) in [5.41, 5.74) is -0.530. The Balaban J connectivity index is 2.31. The Hall–Kier alpha value is -3.24. The van der Waals surface area contributed by atoms with Crippen molar-refractivity contribution in [2.75, 3.05) is 6.54 Å². The van der Waals surface area contributed by atoms with Gasteiger partial charge in [-0.1, -0.05) is 40.0 Å². The molecule has 0 spiro atoms. The lowest BCUT2D eigenvalue weighted by molar-refractivity contribution is 0.241. The zero-order chi connectivity index (χ0) is 22.5. The summed E-state index contributed by atoms with van der Waals surface area (Å²) in [6.45, 7) is 7.15. The number of hydrogen-bond acceptors (Lipinski definition) is 6. The molecular weight excluding hydrogens is 400 g/mol. The molecule has 0 aliphatic carbocycles. The molecule has 3 N–H and O–H groups in total. The molecule has 3 heterocycles. The molecule has 0 bridgehead atoms. The Morgan fingerprint density at radius 2 is 1.61 bits per heavy atom. The van der Waals surface area contributed by atoms with Gasteiger partial charge in [0.25, 0.3) is 0 Å². The molecule has 3 aromatic rings. The van der Waals surface area contributed by atoms with Crippen molar-refractivity contribution in [3.63, 3.8) is 0 Å². The summed E-state index contributed by atoms with van der Waals surface area (Å²) in [4.78, 5) is 50.1. The molecule has 0 fully saturated rings. The number of H-pyrrole nitrogens is 1. The maximum atomic E-state index is 13.2. The SMILES string of the molecule is CCCCNC(=O)n1c(=O)n(CCCC)c(=N)c2nc3[nH]c(=O)n(CCCC)c3nc21. The maximum absolute atomic E-state index is 13.2. The number of rotatable bonds is 9. The summed E-state index contributed by atoms with van der Waals surface area (Å²) in [6.07, 6.45) is 4.82. The first-order valence-electron chi connectivity index (χ1n) is 10.9. The van der Waals surface area contributed by atoms with E-state index in [2.05, 4.69) is 20.3 Å². The van der Waals surface area contributed by atoms with E-state index in [1.807, 2.05) is 20.8 Å². The molecule has 168 valence electrons. The van der Waals surface area contributed by atoms with Crippen LogP contribution in [-0.4, -0.2) is 41.2 Å². The summed E-state index contributed by atoms with van der Waals surface area (Å²) in [5.74, 6) is 0. The van der Waals surface area contributed by atoms with Crippen molar-refractivity contribution >= 4 is 28.5 Å². The highest BCUT2D eigenvalue weighted by Gasteiger charge is 2.21. The van der Waals surface area contributed by atoms with Crippen molar-refractivity contribution in [1.29, 1.82) is 5.41 Å². The van der Waals surface area contributed by atoms with Crippen LogP contribution in [-0.2, 0) is 13.1 Å². The second kappa shape index (κ2) is 9.71. The third-order valence-corrected chi connectivity index (χ3v) is 5.19. The Kier molecular flexibility index (Phi) is 7.03. The first-order chi connectivity index (χ1) is 14.9. The quantitative estimate of drug-likeness (QED) is 0.442. The standard InChI is InChI=1S/C20H30N8O3/c1-4-7-10-22-18(29)28-16-13(14(21)26(20(28)31)11-8-5-2)23-15-17(25-16)27(12-9-6-3)19(30)24-15/h21H,4-12H2,1-3H3,(H,22,29)(H,23,24,30). The predicted octanol–water partition coefficient (Wildman–Crippen LogP) is 1.67. The van der Waals surface area contributed by atoms with Crippen molar-refractivity contribution in [2.45, 2.75) is 72.4 Å². The predicted molar refractivity (Wildman–Crippen MR) is 117 cm³/mol. The van der Waals surface area contributed by atoms with Crippen LogP contribution in [0.5, 0.6) is 0 Å². The average molecular weight is 431 g/mol. The van der Waals surface area contributed by atoms with E-state index in [0.717, 1.165) is 36.7 Å². The van der Waals surface area contributed by atoms with Gasteiger partial charge >= 0.3 is 17.4 Å². The Labute approximate surface area is 178 Å². The lowest BCUT2D eigenvalue weighted by Gasteiger charge is -2.14. The van der Waals surface area contributed by atoms with Crippen molar-refractivity contribution in [3.05, 3.63) is 26.5 Å². The minimum atomic E-state index is -0.633. The first kappa shape index (κ1) is 22.4. The molecule has 11 heteroatoms. The van der Waals surface area contributed by atoms with Crippen LogP contribution in [0.2, 0.25) is 0 Å². The van der Waals surface area contributed by atoms with Crippen molar-refractivity contribution in [3.8, 4) is 0 Å². The van der Waals surface area contributed by atoms with Crippen LogP contribution >= 0.6 is 0 Å². The van der Waals surface area contributed by atoms with E-state index < -0.39 is 11.7 Å². The number of carbonyl (C=O) groups is 1. The first-order valence-corrected chi connectivity index (χ1v) is 10.9. The van der Waals surface area contributed by atoms with Gasteiger partial charge in [0.2, 0.25) is 0 Å². The monoisotopic (exact) mass is 430 g/mol. The lowest BCUT2D eigenvalue weighted by atomic mass is 10.3. The summed E-state index contributed by atoms with van der Waals surface area (Å²) < 4.78 is 3.63. The molecule has 11 nitrogen and oxygen atoms in total. The fraction of sp³-hybridized carbons (Fsp3) is 0.600. The fourth-order valence-corrected chi connectivity index (χ4v) is 3.39. The molecule has 0 radical (unpaired) electrons. The molecule has 31 heavy (non-hydrogen) atoms. The Morgan fingerprint density at radius 1 is 0.968 bits per heavy atom. The van der Waals surface area contributed by atoms with Crippen LogP contribution in [0.25, 0.3) is 22.5 Å². The van der Waals surface area contributed by atoms with Crippen LogP contribution < -0.4 is 22.2 Å². The maximum Gasteiger partial charge on any atom is 0.339 e. The van der Waals surface area contributed by atoms with Crippen molar-refractivity contribution < 1.29 is 4.79 Å². The smallest absolute Gasteiger partial charge is 0.337 e. The van der Waals surface area contributed by atoms with Gasteiger partial charge in [0.15, 0.2) is 27.9 Å². The van der Waals surface area contributed by atoms with Crippen molar-refractivity contribution in [1.82, 2.24) is 34.0 Å². The van der Waals surface area contributed by atoms with E-state index in [1.54, 1.807) is 0 Å². The van der Waals surface area contributed by atoms with Gasteiger partial charge in [-0.15, -0.1) is 0 Å². The molecule has 0 aliphatic heterocycles. The molecule has 0 atom stereocenters. The Bertz CT molecular complexity index is 1260. The summed E-state index contributed by atoms with van der Waals surface area (Å²) in [6, 6.07) is -0.611. The van der Waals surface area contributed by atoms with Gasteiger partial charge in [0, 0.05) is 19.6 Å². The number of imidazole rings is 1. The van der Waals surface area contributed by atoms with Gasteiger partial charge in [0.1, 0.15) is 0 Å². The number of carbonyl (C=O) groups excluding carboxylic acids is 1. The van der Waals surface area contributed by atoms with Gasteiger partial charge < -0.3 is 5.32 Å². The second-order valence-corrected chi connectivity index (χ2v) is 7.56. The van der Waals surface area contributed by atoms with E-state index in [-0.39, 0.29) is 33.6 Å².